The Morgan fingerprint density at radius 2 is 1.55 bits per heavy atom. The molecule has 0 radical (unpaired) electrons. The highest BCUT2D eigenvalue weighted by Crippen LogP contribution is 2.39. The SMILES string of the molecule is O=C(NCc1cccc(-c2ccc(C3OC(CSc4ncccn4)CC(c4ccc(CO)cc4)O3)cc2)c1)c1ccccc1. The number of hydrogen-bond donors (Lipinski definition) is 2. The molecule has 1 amide bonds. The van der Waals surface area contributed by atoms with E-state index in [9.17, 15) is 9.90 Å². The minimum absolute atomic E-state index is 0.00542. The Labute approximate surface area is 261 Å². The zero-order chi connectivity index (χ0) is 30.1. The van der Waals surface area contributed by atoms with E-state index in [0.717, 1.165) is 33.4 Å². The number of nitrogens with one attached hydrogen (secondary N) is 1. The summed E-state index contributed by atoms with van der Waals surface area (Å²) in [4.78, 5) is 21.2. The van der Waals surface area contributed by atoms with Gasteiger partial charge in [-0.05, 0) is 52.1 Å². The molecule has 3 unspecified atom stereocenters. The van der Waals surface area contributed by atoms with Crippen LogP contribution in [0.25, 0.3) is 11.1 Å². The molecule has 1 aromatic heterocycles. The van der Waals surface area contributed by atoms with Gasteiger partial charge < -0.3 is 19.9 Å². The molecule has 1 aliphatic heterocycles. The number of aliphatic hydroxyl groups is 1. The Bertz CT molecular complexity index is 1650. The fourth-order valence-electron chi connectivity index (χ4n) is 5.12. The highest BCUT2D eigenvalue weighted by molar-refractivity contribution is 7.99. The summed E-state index contributed by atoms with van der Waals surface area (Å²) in [6.45, 7) is 0.447. The highest BCUT2D eigenvalue weighted by atomic mass is 32.2. The normalized spacial score (nSPS) is 18.1. The van der Waals surface area contributed by atoms with E-state index in [2.05, 4.69) is 39.6 Å². The number of thioether (sulfide) groups is 1. The first-order valence-electron chi connectivity index (χ1n) is 14.6. The van der Waals surface area contributed by atoms with Crippen LogP contribution in [-0.2, 0) is 22.6 Å². The van der Waals surface area contributed by atoms with Gasteiger partial charge in [-0.25, -0.2) is 9.97 Å². The number of amides is 1. The van der Waals surface area contributed by atoms with Crippen LogP contribution >= 0.6 is 11.8 Å². The molecule has 0 spiro atoms. The van der Waals surface area contributed by atoms with Gasteiger partial charge in [0.2, 0.25) is 0 Å². The Kier molecular flexibility index (Phi) is 9.74. The molecule has 7 nitrogen and oxygen atoms in total. The summed E-state index contributed by atoms with van der Waals surface area (Å²) in [6, 6.07) is 35.3. The number of carbonyl (C=O) groups is 1. The Morgan fingerprint density at radius 1 is 0.795 bits per heavy atom. The molecule has 0 saturated carbocycles. The molecule has 8 heteroatoms. The van der Waals surface area contributed by atoms with Crippen molar-refractivity contribution in [3.63, 3.8) is 0 Å². The molecule has 2 heterocycles. The average molecular weight is 604 g/mol. The molecular weight excluding hydrogens is 570 g/mol. The van der Waals surface area contributed by atoms with Crippen molar-refractivity contribution in [1.29, 1.82) is 0 Å². The van der Waals surface area contributed by atoms with E-state index in [1.807, 2.05) is 66.7 Å². The molecule has 0 bridgehead atoms. The second kappa shape index (κ2) is 14.4. The summed E-state index contributed by atoms with van der Waals surface area (Å²) in [5.41, 5.74) is 6.64. The smallest absolute Gasteiger partial charge is 0.251 e. The second-order valence-corrected chi connectivity index (χ2v) is 11.6. The van der Waals surface area contributed by atoms with E-state index in [4.69, 9.17) is 9.47 Å². The van der Waals surface area contributed by atoms with Crippen molar-refractivity contribution in [2.24, 2.45) is 0 Å². The van der Waals surface area contributed by atoms with Crippen LogP contribution in [0.15, 0.2) is 127 Å². The van der Waals surface area contributed by atoms with Gasteiger partial charge in [0.05, 0.1) is 18.8 Å². The fraction of sp³-hybridized carbons (Fsp3) is 0.194. The molecule has 3 atom stereocenters. The summed E-state index contributed by atoms with van der Waals surface area (Å²) < 4.78 is 13.0. The number of carbonyl (C=O) groups excluding carboxylic acids is 1. The predicted molar refractivity (Wildman–Crippen MR) is 171 cm³/mol. The first-order valence-corrected chi connectivity index (χ1v) is 15.6. The maximum Gasteiger partial charge on any atom is 0.251 e. The van der Waals surface area contributed by atoms with Gasteiger partial charge in [0.1, 0.15) is 0 Å². The van der Waals surface area contributed by atoms with Crippen LogP contribution < -0.4 is 5.32 Å². The molecular formula is C36H33N3O4S. The largest absolute Gasteiger partial charge is 0.392 e. The molecule has 2 N–H and O–H groups in total. The minimum Gasteiger partial charge on any atom is -0.392 e. The lowest BCUT2D eigenvalue weighted by atomic mass is 9.99. The second-order valence-electron chi connectivity index (χ2n) is 10.6. The van der Waals surface area contributed by atoms with E-state index in [1.54, 1.807) is 42.4 Å². The quantitative estimate of drug-likeness (QED) is 0.132. The Morgan fingerprint density at radius 3 is 2.30 bits per heavy atom. The monoisotopic (exact) mass is 603 g/mol. The van der Waals surface area contributed by atoms with Gasteiger partial charge in [0, 0.05) is 42.2 Å². The number of aromatic nitrogens is 2. The third kappa shape index (κ3) is 7.59. The number of hydrogen-bond acceptors (Lipinski definition) is 7. The van der Waals surface area contributed by atoms with Crippen LogP contribution in [0.2, 0.25) is 0 Å². The lowest BCUT2D eigenvalue weighted by Gasteiger charge is -2.36. The third-order valence-corrected chi connectivity index (χ3v) is 8.50. The first-order chi connectivity index (χ1) is 21.6. The molecule has 1 aliphatic rings. The lowest BCUT2D eigenvalue weighted by molar-refractivity contribution is -0.245. The van der Waals surface area contributed by atoms with Crippen LogP contribution in [0, 0.1) is 0 Å². The van der Waals surface area contributed by atoms with Gasteiger partial charge in [-0.15, -0.1) is 0 Å². The summed E-state index contributed by atoms with van der Waals surface area (Å²) in [7, 11) is 0. The van der Waals surface area contributed by atoms with Gasteiger partial charge in [0.15, 0.2) is 11.4 Å². The van der Waals surface area contributed by atoms with Crippen molar-refractivity contribution < 1.29 is 19.4 Å². The standard InChI is InChI=1S/C36H33N3O4S/c40-23-25-10-12-28(13-11-25)33-21-32(24-44-36-37-18-5-19-38-36)42-35(43-33)30-16-14-27(15-17-30)31-9-4-6-26(20-31)22-39-34(41)29-7-2-1-3-8-29/h1-20,32-33,35,40H,21-24H2,(H,39,41). The summed E-state index contributed by atoms with van der Waals surface area (Å²) >= 11 is 1.57. The summed E-state index contributed by atoms with van der Waals surface area (Å²) in [6.07, 6.45) is 3.40. The molecule has 4 aromatic carbocycles. The van der Waals surface area contributed by atoms with Gasteiger partial charge >= 0.3 is 0 Å². The van der Waals surface area contributed by atoms with Gasteiger partial charge in [0.25, 0.3) is 5.91 Å². The van der Waals surface area contributed by atoms with Crippen molar-refractivity contribution in [3.8, 4) is 11.1 Å². The highest BCUT2D eigenvalue weighted by Gasteiger charge is 2.32. The van der Waals surface area contributed by atoms with Crippen LogP contribution in [0.1, 0.15) is 51.4 Å². The maximum absolute atomic E-state index is 12.5. The summed E-state index contributed by atoms with van der Waals surface area (Å²) in [5.74, 6) is 0.601. The van der Waals surface area contributed by atoms with E-state index in [1.165, 1.54) is 0 Å². The fourth-order valence-corrected chi connectivity index (χ4v) is 5.94. The van der Waals surface area contributed by atoms with Crippen molar-refractivity contribution >= 4 is 17.7 Å². The minimum atomic E-state index is -0.540. The molecule has 1 fully saturated rings. The summed E-state index contributed by atoms with van der Waals surface area (Å²) in [5, 5.41) is 13.2. The third-order valence-electron chi connectivity index (χ3n) is 7.49. The van der Waals surface area contributed by atoms with Crippen molar-refractivity contribution in [3.05, 3.63) is 149 Å². The molecule has 5 aromatic rings. The predicted octanol–water partition coefficient (Wildman–Crippen LogP) is 6.90. The zero-order valence-electron chi connectivity index (χ0n) is 24.1. The number of aliphatic hydroxyl groups excluding tert-OH is 1. The van der Waals surface area contributed by atoms with Gasteiger partial charge in [-0.3, -0.25) is 4.79 Å². The van der Waals surface area contributed by atoms with E-state index < -0.39 is 6.29 Å². The topological polar surface area (TPSA) is 93.6 Å². The Hall–Kier alpha value is -4.34. The van der Waals surface area contributed by atoms with E-state index in [-0.39, 0.29) is 24.7 Å². The van der Waals surface area contributed by atoms with Crippen LogP contribution in [0.3, 0.4) is 0 Å². The first kappa shape index (κ1) is 29.7. The average Bonchev–Trinajstić information content (AvgIpc) is 3.10. The molecule has 6 rings (SSSR count). The molecule has 1 saturated heterocycles. The van der Waals surface area contributed by atoms with E-state index >= 15 is 0 Å². The van der Waals surface area contributed by atoms with Crippen molar-refractivity contribution in [1.82, 2.24) is 15.3 Å². The van der Waals surface area contributed by atoms with E-state index in [0.29, 0.717) is 29.4 Å². The zero-order valence-corrected chi connectivity index (χ0v) is 24.9. The van der Waals surface area contributed by atoms with Crippen molar-refractivity contribution in [2.75, 3.05) is 5.75 Å². The van der Waals surface area contributed by atoms with Crippen LogP contribution in [0.5, 0.6) is 0 Å². The Balaban J connectivity index is 1.15. The van der Waals surface area contributed by atoms with Crippen LogP contribution in [-0.4, -0.2) is 32.8 Å². The van der Waals surface area contributed by atoms with Crippen LogP contribution in [0.4, 0.5) is 0 Å². The number of nitrogens with zero attached hydrogens (tertiary/aromatic N) is 2. The number of ether oxygens (including phenoxy) is 2. The van der Waals surface area contributed by atoms with Crippen molar-refractivity contribution in [2.45, 2.75) is 43.2 Å². The van der Waals surface area contributed by atoms with Gasteiger partial charge in [-0.2, -0.15) is 0 Å². The number of benzene rings is 4. The molecule has 0 aliphatic carbocycles. The lowest BCUT2D eigenvalue weighted by Crippen LogP contribution is -2.31. The molecule has 44 heavy (non-hydrogen) atoms. The molecule has 222 valence electrons. The number of rotatable bonds is 10. The van der Waals surface area contributed by atoms with Gasteiger partial charge in [-0.1, -0.05) is 96.7 Å². The maximum atomic E-state index is 12.5.